The molecule has 0 saturated heterocycles. The van der Waals surface area contributed by atoms with Gasteiger partial charge in [-0.25, -0.2) is 0 Å². The van der Waals surface area contributed by atoms with E-state index in [2.05, 4.69) is 10.1 Å². The second-order valence-electron chi connectivity index (χ2n) is 4.46. The van der Waals surface area contributed by atoms with Gasteiger partial charge in [-0.2, -0.15) is 0 Å². The zero-order chi connectivity index (χ0) is 14.8. The largest absolute Gasteiger partial charge is 0.469 e. The van der Waals surface area contributed by atoms with Crippen molar-refractivity contribution in [1.29, 1.82) is 0 Å². The summed E-state index contributed by atoms with van der Waals surface area (Å²) < 4.78 is 4.51. The molecule has 0 aliphatic carbocycles. The number of methoxy groups -OCH3 is 1. The molecule has 0 bridgehead atoms. The molecule has 0 aromatic heterocycles. The Balaban J connectivity index is 2.32. The van der Waals surface area contributed by atoms with Crippen LogP contribution in [0.2, 0.25) is 0 Å². The number of amides is 1. The van der Waals surface area contributed by atoms with Crippen LogP contribution in [0.3, 0.4) is 0 Å². The molecule has 0 spiro atoms. The molecule has 5 nitrogen and oxygen atoms in total. The zero-order valence-electron chi connectivity index (χ0n) is 12.1. The van der Waals surface area contributed by atoms with Crippen molar-refractivity contribution >= 4 is 11.9 Å². The van der Waals surface area contributed by atoms with Crippen LogP contribution < -0.4 is 5.32 Å². The summed E-state index contributed by atoms with van der Waals surface area (Å²) in [5, 5.41) is 2.72. The van der Waals surface area contributed by atoms with Crippen LogP contribution in [-0.4, -0.2) is 43.5 Å². The van der Waals surface area contributed by atoms with Crippen molar-refractivity contribution in [3.8, 4) is 0 Å². The molecule has 0 fully saturated rings. The Morgan fingerprint density at radius 3 is 2.55 bits per heavy atom. The highest BCUT2D eigenvalue weighted by atomic mass is 16.5. The number of nitrogens with zero attached hydrogens (tertiary/aromatic N) is 1. The molecular weight excluding hydrogens is 256 g/mol. The maximum absolute atomic E-state index is 11.8. The predicted octanol–water partition coefficient (Wildman–Crippen LogP) is 1.19. The molecule has 5 heteroatoms. The summed E-state index contributed by atoms with van der Waals surface area (Å²) >= 11 is 0. The summed E-state index contributed by atoms with van der Waals surface area (Å²) in [5.74, 6) is -0.395. The normalized spacial score (nSPS) is 10.3. The fourth-order valence-corrected chi connectivity index (χ4v) is 1.79. The van der Waals surface area contributed by atoms with Crippen molar-refractivity contribution in [2.24, 2.45) is 0 Å². The van der Waals surface area contributed by atoms with Crippen LogP contribution in [-0.2, 0) is 20.9 Å². The maximum atomic E-state index is 11.8. The van der Waals surface area contributed by atoms with E-state index in [-0.39, 0.29) is 18.3 Å². The summed E-state index contributed by atoms with van der Waals surface area (Å²) in [4.78, 5) is 24.7. The SMILES string of the molecule is CCN(CC(=O)NCCC(=O)OC)Cc1ccccc1. The average molecular weight is 278 g/mol. The van der Waals surface area contributed by atoms with Crippen molar-refractivity contribution in [3.63, 3.8) is 0 Å². The molecule has 0 saturated carbocycles. The van der Waals surface area contributed by atoms with Crippen molar-refractivity contribution in [2.75, 3.05) is 26.7 Å². The van der Waals surface area contributed by atoms with Gasteiger partial charge >= 0.3 is 5.97 Å². The molecule has 0 aliphatic rings. The Labute approximate surface area is 119 Å². The number of nitrogens with one attached hydrogen (secondary N) is 1. The van der Waals surface area contributed by atoms with E-state index < -0.39 is 0 Å². The minimum atomic E-state index is -0.318. The van der Waals surface area contributed by atoms with E-state index >= 15 is 0 Å². The van der Waals surface area contributed by atoms with Gasteiger partial charge in [0.05, 0.1) is 20.1 Å². The Bertz CT molecular complexity index is 420. The number of benzene rings is 1. The third-order valence-electron chi connectivity index (χ3n) is 2.94. The molecule has 110 valence electrons. The first-order chi connectivity index (χ1) is 9.65. The van der Waals surface area contributed by atoms with E-state index in [1.54, 1.807) is 0 Å². The van der Waals surface area contributed by atoms with Gasteiger partial charge in [0.25, 0.3) is 0 Å². The highest BCUT2D eigenvalue weighted by Crippen LogP contribution is 2.03. The first-order valence-electron chi connectivity index (χ1n) is 6.75. The minimum absolute atomic E-state index is 0.0771. The standard InChI is InChI=1S/C15H22N2O3/c1-3-17(11-13-7-5-4-6-8-13)12-14(18)16-10-9-15(19)20-2/h4-8H,3,9-12H2,1-2H3,(H,16,18). The lowest BCUT2D eigenvalue weighted by Gasteiger charge is -2.19. The van der Waals surface area contributed by atoms with Crippen molar-refractivity contribution < 1.29 is 14.3 Å². The van der Waals surface area contributed by atoms with Gasteiger partial charge in [0.15, 0.2) is 0 Å². The van der Waals surface area contributed by atoms with Gasteiger partial charge in [-0.05, 0) is 12.1 Å². The second kappa shape index (κ2) is 9.09. The van der Waals surface area contributed by atoms with Crippen LogP contribution in [0.25, 0.3) is 0 Å². The maximum Gasteiger partial charge on any atom is 0.307 e. The number of carbonyl (C=O) groups is 2. The lowest BCUT2D eigenvalue weighted by atomic mass is 10.2. The topological polar surface area (TPSA) is 58.6 Å². The molecule has 0 aliphatic heterocycles. The first-order valence-corrected chi connectivity index (χ1v) is 6.75. The summed E-state index contributed by atoms with van der Waals surface area (Å²) in [7, 11) is 1.34. The number of hydrogen-bond donors (Lipinski definition) is 1. The van der Waals surface area contributed by atoms with Crippen molar-refractivity contribution in [1.82, 2.24) is 10.2 Å². The van der Waals surface area contributed by atoms with Crippen LogP contribution >= 0.6 is 0 Å². The highest BCUT2D eigenvalue weighted by molar-refractivity contribution is 5.78. The van der Waals surface area contributed by atoms with Gasteiger partial charge in [0.1, 0.15) is 0 Å². The molecule has 20 heavy (non-hydrogen) atoms. The Hall–Kier alpha value is -1.88. The van der Waals surface area contributed by atoms with Crippen LogP contribution in [0, 0.1) is 0 Å². The molecular formula is C15H22N2O3. The number of carbonyl (C=O) groups excluding carboxylic acids is 2. The molecule has 0 radical (unpaired) electrons. The fraction of sp³-hybridized carbons (Fsp3) is 0.467. The number of hydrogen-bond acceptors (Lipinski definition) is 4. The van der Waals surface area contributed by atoms with E-state index in [0.29, 0.717) is 13.1 Å². The van der Waals surface area contributed by atoms with Gasteiger partial charge < -0.3 is 10.1 Å². The van der Waals surface area contributed by atoms with Gasteiger partial charge in [0, 0.05) is 13.1 Å². The van der Waals surface area contributed by atoms with Crippen LogP contribution in [0.1, 0.15) is 18.9 Å². The van der Waals surface area contributed by atoms with E-state index in [1.807, 2.05) is 42.2 Å². The first kappa shape index (κ1) is 16.2. The van der Waals surface area contributed by atoms with E-state index in [4.69, 9.17) is 0 Å². The number of rotatable bonds is 8. The molecule has 0 heterocycles. The van der Waals surface area contributed by atoms with Crippen LogP contribution in [0.5, 0.6) is 0 Å². The molecule has 1 rings (SSSR count). The van der Waals surface area contributed by atoms with Gasteiger partial charge in [-0.1, -0.05) is 37.3 Å². The third-order valence-corrected chi connectivity index (χ3v) is 2.94. The smallest absolute Gasteiger partial charge is 0.307 e. The molecule has 0 unspecified atom stereocenters. The Morgan fingerprint density at radius 1 is 1.25 bits per heavy atom. The predicted molar refractivity (Wildman–Crippen MR) is 77.0 cm³/mol. The van der Waals surface area contributed by atoms with Crippen LogP contribution in [0.15, 0.2) is 30.3 Å². The lowest BCUT2D eigenvalue weighted by Crippen LogP contribution is -2.37. The minimum Gasteiger partial charge on any atom is -0.469 e. The van der Waals surface area contributed by atoms with Crippen LogP contribution in [0.4, 0.5) is 0 Å². The molecule has 1 aromatic carbocycles. The van der Waals surface area contributed by atoms with E-state index in [1.165, 1.54) is 12.7 Å². The summed E-state index contributed by atoms with van der Waals surface area (Å²) in [6, 6.07) is 10.0. The van der Waals surface area contributed by atoms with E-state index in [9.17, 15) is 9.59 Å². The molecule has 1 aromatic rings. The third kappa shape index (κ3) is 6.33. The van der Waals surface area contributed by atoms with Crippen molar-refractivity contribution in [2.45, 2.75) is 19.9 Å². The molecule has 1 amide bonds. The zero-order valence-corrected chi connectivity index (χ0v) is 12.1. The number of ether oxygens (including phenoxy) is 1. The average Bonchev–Trinajstić information content (AvgIpc) is 2.47. The molecule has 1 N–H and O–H groups in total. The van der Waals surface area contributed by atoms with Gasteiger partial charge in [-0.15, -0.1) is 0 Å². The Morgan fingerprint density at radius 2 is 1.95 bits per heavy atom. The van der Waals surface area contributed by atoms with Gasteiger partial charge in [0.2, 0.25) is 5.91 Å². The monoisotopic (exact) mass is 278 g/mol. The van der Waals surface area contributed by atoms with Crippen molar-refractivity contribution in [3.05, 3.63) is 35.9 Å². The second-order valence-corrected chi connectivity index (χ2v) is 4.46. The Kier molecular flexibility index (Phi) is 7.35. The fourth-order valence-electron chi connectivity index (χ4n) is 1.79. The van der Waals surface area contributed by atoms with Gasteiger partial charge in [-0.3, -0.25) is 14.5 Å². The highest BCUT2D eigenvalue weighted by Gasteiger charge is 2.10. The quantitative estimate of drug-likeness (QED) is 0.726. The number of esters is 1. The van der Waals surface area contributed by atoms with E-state index in [0.717, 1.165) is 13.1 Å². The number of likely N-dealkylation sites (N-methyl/N-ethyl adjacent to an activating group) is 1. The summed E-state index contributed by atoms with van der Waals surface area (Å²) in [6.07, 6.45) is 0.201. The summed E-state index contributed by atoms with van der Waals surface area (Å²) in [6.45, 7) is 4.19. The lowest BCUT2D eigenvalue weighted by molar-refractivity contribution is -0.140. The summed E-state index contributed by atoms with van der Waals surface area (Å²) in [5.41, 5.74) is 1.18. The molecule has 0 atom stereocenters.